The fourth-order valence-electron chi connectivity index (χ4n) is 2.70. The quantitative estimate of drug-likeness (QED) is 0.764. The zero-order valence-electron chi connectivity index (χ0n) is 13.1. The fraction of sp³-hybridized carbons (Fsp3) is 0.235. The van der Waals surface area contributed by atoms with Crippen LogP contribution in [-0.2, 0) is 16.8 Å². The Balaban J connectivity index is 1.43. The van der Waals surface area contributed by atoms with Crippen LogP contribution in [0.2, 0.25) is 0 Å². The Hall–Kier alpha value is -3.16. The molecule has 1 aliphatic carbocycles. The van der Waals surface area contributed by atoms with E-state index in [1.54, 1.807) is 30.6 Å². The number of aromatic nitrogens is 4. The van der Waals surface area contributed by atoms with Crippen LogP contribution >= 0.6 is 0 Å². The van der Waals surface area contributed by atoms with Crippen molar-refractivity contribution >= 4 is 5.91 Å². The summed E-state index contributed by atoms with van der Waals surface area (Å²) >= 11 is 0. The summed E-state index contributed by atoms with van der Waals surface area (Å²) in [6.45, 7) is 0.113. The van der Waals surface area contributed by atoms with Gasteiger partial charge in [-0.3, -0.25) is 4.79 Å². The highest BCUT2D eigenvalue weighted by Crippen LogP contribution is 2.48. The average molecular weight is 339 g/mol. The minimum absolute atomic E-state index is 0.113. The highest BCUT2D eigenvalue weighted by atomic mass is 19.1. The molecule has 1 aromatic carbocycles. The molecular weight excluding hydrogens is 325 g/mol. The Morgan fingerprint density at radius 2 is 1.88 bits per heavy atom. The van der Waals surface area contributed by atoms with E-state index in [4.69, 9.17) is 4.52 Å². The summed E-state index contributed by atoms with van der Waals surface area (Å²) in [6.07, 6.45) is 4.63. The van der Waals surface area contributed by atoms with Crippen molar-refractivity contribution in [3.63, 3.8) is 0 Å². The molecule has 0 atom stereocenters. The Morgan fingerprint density at radius 1 is 1.16 bits per heavy atom. The van der Waals surface area contributed by atoms with Gasteiger partial charge in [0.05, 0.1) is 12.0 Å². The Labute approximate surface area is 142 Å². The van der Waals surface area contributed by atoms with Crippen LogP contribution in [0, 0.1) is 5.82 Å². The molecule has 7 nitrogen and oxygen atoms in total. The second-order valence-corrected chi connectivity index (χ2v) is 5.86. The molecule has 25 heavy (non-hydrogen) atoms. The first kappa shape index (κ1) is 15.4. The van der Waals surface area contributed by atoms with Crippen LogP contribution in [0.4, 0.5) is 4.39 Å². The van der Waals surface area contributed by atoms with Gasteiger partial charge in [0, 0.05) is 12.4 Å². The van der Waals surface area contributed by atoms with Gasteiger partial charge < -0.3 is 9.84 Å². The van der Waals surface area contributed by atoms with Gasteiger partial charge in [-0.2, -0.15) is 4.98 Å². The standard InChI is InChI=1S/C17H14FN5O2/c18-12-4-2-11(3-5-12)17(6-7-17)16(24)21-10-13-22-15(23-25-13)14-19-8-1-9-20-14/h1-5,8-9H,6-7,10H2,(H,21,24). The normalized spacial score (nSPS) is 14.9. The molecule has 1 amide bonds. The number of halogens is 1. The number of hydrogen-bond donors (Lipinski definition) is 1. The minimum Gasteiger partial charge on any atom is -0.346 e. The predicted octanol–water partition coefficient (Wildman–Crippen LogP) is 2.01. The van der Waals surface area contributed by atoms with E-state index in [1.165, 1.54) is 12.1 Å². The molecule has 8 heteroatoms. The van der Waals surface area contributed by atoms with E-state index in [0.717, 1.165) is 18.4 Å². The van der Waals surface area contributed by atoms with Crippen LogP contribution in [0.25, 0.3) is 11.6 Å². The van der Waals surface area contributed by atoms with Crippen LogP contribution < -0.4 is 5.32 Å². The van der Waals surface area contributed by atoms with Gasteiger partial charge in [-0.25, -0.2) is 14.4 Å². The Bertz CT molecular complexity index is 891. The molecule has 0 spiro atoms. The number of amides is 1. The highest BCUT2D eigenvalue weighted by Gasteiger charge is 2.51. The molecule has 2 aromatic heterocycles. The number of hydrogen-bond acceptors (Lipinski definition) is 6. The average Bonchev–Trinajstić information content (AvgIpc) is 3.32. The summed E-state index contributed by atoms with van der Waals surface area (Å²) in [6, 6.07) is 7.73. The second-order valence-electron chi connectivity index (χ2n) is 5.86. The van der Waals surface area contributed by atoms with Crippen molar-refractivity contribution in [1.29, 1.82) is 0 Å². The van der Waals surface area contributed by atoms with Crippen LogP contribution in [0.3, 0.4) is 0 Å². The highest BCUT2D eigenvalue weighted by molar-refractivity contribution is 5.91. The van der Waals surface area contributed by atoms with Gasteiger partial charge in [0.15, 0.2) is 0 Å². The van der Waals surface area contributed by atoms with Gasteiger partial charge in [0.2, 0.25) is 23.4 Å². The topological polar surface area (TPSA) is 93.8 Å². The van der Waals surface area contributed by atoms with Crippen LogP contribution in [0.5, 0.6) is 0 Å². The fourth-order valence-corrected chi connectivity index (χ4v) is 2.70. The molecule has 0 unspecified atom stereocenters. The first-order valence-corrected chi connectivity index (χ1v) is 7.82. The van der Waals surface area contributed by atoms with Crippen LogP contribution in [-0.4, -0.2) is 26.0 Å². The molecular formula is C17H14FN5O2. The Kier molecular flexibility index (Phi) is 3.72. The summed E-state index contributed by atoms with van der Waals surface area (Å²) in [5.74, 6) is 0.445. The van der Waals surface area contributed by atoms with Crippen LogP contribution in [0.15, 0.2) is 47.2 Å². The van der Waals surface area contributed by atoms with Gasteiger partial charge in [-0.15, -0.1) is 0 Å². The maximum absolute atomic E-state index is 13.1. The molecule has 126 valence electrons. The predicted molar refractivity (Wildman–Crippen MR) is 84.5 cm³/mol. The summed E-state index contributed by atoms with van der Waals surface area (Å²) in [5, 5.41) is 6.62. The van der Waals surface area contributed by atoms with Crippen LogP contribution in [0.1, 0.15) is 24.3 Å². The van der Waals surface area contributed by atoms with Crippen molar-refractivity contribution < 1.29 is 13.7 Å². The molecule has 0 aliphatic heterocycles. The van der Waals surface area contributed by atoms with E-state index < -0.39 is 5.41 Å². The van der Waals surface area contributed by atoms with Gasteiger partial charge in [-0.1, -0.05) is 17.3 Å². The first-order valence-electron chi connectivity index (χ1n) is 7.82. The maximum Gasteiger partial charge on any atom is 0.246 e. The van der Waals surface area contributed by atoms with E-state index in [9.17, 15) is 9.18 Å². The number of rotatable bonds is 5. The molecule has 4 rings (SSSR count). The van der Waals surface area contributed by atoms with Crippen molar-refractivity contribution in [2.45, 2.75) is 24.8 Å². The number of carbonyl (C=O) groups is 1. The first-order chi connectivity index (χ1) is 12.2. The summed E-state index contributed by atoms with van der Waals surface area (Å²) < 4.78 is 18.2. The largest absolute Gasteiger partial charge is 0.346 e. The SMILES string of the molecule is O=C(NCc1nc(-c2ncccn2)no1)C1(c2ccc(F)cc2)CC1. The number of nitrogens with zero attached hydrogens (tertiary/aromatic N) is 4. The third-order valence-corrected chi connectivity index (χ3v) is 4.22. The lowest BCUT2D eigenvalue weighted by Crippen LogP contribution is -2.34. The molecule has 0 radical (unpaired) electrons. The number of carbonyl (C=O) groups excluding carboxylic acids is 1. The molecule has 1 aliphatic rings. The number of benzene rings is 1. The van der Waals surface area contributed by atoms with E-state index in [0.29, 0.717) is 5.82 Å². The molecule has 1 N–H and O–H groups in total. The van der Waals surface area contributed by atoms with Crippen molar-refractivity contribution in [2.75, 3.05) is 0 Å². The van der Waals surface area contributed by atoms with Gasteiger partial charge in [-0.05, 0) is 36.6 Å². The van der Waals surface area contributed by atoms with Gasteiger partial charge in [0.25, 0.3) is 0 Å². The second kappa shape index (κ2) is 6.04. The smallest absolute Gasteiger partial charge is 0.246 e. The molecule has 0 bridgehead atoms. The lowest BCUT2D eigenvalue weighted by Gasteiger charge is -2.14. The molecule has 1 fully saturated rings. The lowest BCUT2D eigenvalue weighted by molar-refractivity contribution is -0.123. The minimum atomic E-state index is -0.584. The van der Waals surface area contributed by atoms with E-state index >= 15 is 0 Å². The van der Waals surface area contributed by atoms with E-state index in [2.05, 4.69) is 25.4 Å². The van der Waals surface area contributed by atoms with E-state index in [-0.39, 0.29) is 30.0 Å². The van der Waals surface area contributed by atoms with E-state index in [1.807, 2.05) is 0 Å². The third kappa shape index (κ3) is 2.98. The summed E-state index contributed by atoms with van der Waals surface area (Å²) in [7, 11) is 0. The molecule has 2 heterocycles. The third-order valence-electron chi connectivity index (χ3n) is 4.22. The lowest BCUT2D eigenvalue weighted by atomic mass is 9.95. The molecule has 3 aromatic rings. The summed E-state index contributed by atoms with van der Waals surface area (Å²) in [5.41, 5.74) is 0.231. The maximum atomic E-state index is 13.1. The number of nitrogens with one attached hydrogen (secondary N) is 1. The van der Waals surface area contributed by atoms with Crippen molar-refractivity contribution in [1.82, 2.24) is 25.4 Å². The van der Waals surface area contributed by atoms with Crippen molar-refractivity contribution in [2.24, 2.45) is 0 Å². The van der Waals surface area contributed by atoms with Gasteiger partial charge in [0.1, 0.15) is 5.82 Å². The molecule has 1 saturated carbocycles. The van der Waals surface area contributed by atoms with Crippen molar-refractivity contribution in [3.05, 3.63) is 60.0 Å². The van der Waals surface area contributed by atoms with Gasteiger partial charge >= 0.3 is 0 Å². The Morgan fingerprint density at radius 3 is 2.56 bits per heavy atom. The molecule has 0 saturated heterocycles. The monoisotopic (exact) mass is 339 g/mol. The summed E-state index contributed by atoms with van der Waals surface area (Å²) in [4.78, 5) is 24.8. The van der Waals surface area contributed by atoms with Crippen molar-refractivity contribution in [3.8, 4) is 11.6 Å². The zero-order valence-corrected chi connectivity index (χ0v) is 13.1. The zero-order chi connectivity index (χ0) is 17.3.